The lowest BCUT2D eigenvalue weighted by molar-refractivity contribution is 0.415. The highest BCUT2D eigenvalue weighted by Gasteiger charge is 2.19. The third kappa shape index (κ3) is 3.59. The van der Waals surface area contributed by atoms with Crippen molar-refractivity contribution < 1.29 is 22.0 Å². The van der Waals surface area contributed by atoms with Crippen molar-refractivity contribution in [2.24, 2.45) is 0 Å². The molecule has 4 rings (SSSR count). The Morgan fingerprint density at radius 3 is 2.13 bits per heavy atom. The van der Waals surface area contributed by atoms with Crippen molar-refractivity contribution >= 4 is 20.8 Å². The van der Waals surface area contributed by atoms with Gasteiger partial charge in [-0.05, 0) is 60.2 Å². The Morgan fingerprint density at radius 1 is 0.900 bits per heavy atom. The van der Waals surface area contributed by atoms with Gasteiger partial charge in [0.25, 0.3) is 0 Å². The molecule has 7 heteroatoms. The number of ether oxygens (including phenoxy) is 1. The second kappa shape index (κ2) is 7.42. The first-order chi connectivity index (χ1) is 14.3. The smallest absolute Gasteiger partial charge is 0.201 e. The number of methoxy groups -OCH3 is 1. The maximum absolute atomic E-state index is 13.5. The van der Waals surface area contributed by atoms with Crippen LogP contribution >= 0.6 is 0 Å². The van der Waals surface area contributed by atoms with Gasteiger partial charge < -0.3 is 9.15 Å². The van der Waals surface area contributed by atoms with Gasteiger partial charge in [-0.15, -0.1) is 0 Å². The van der Waals surface area contributed by atoms with E-state index in [-0.39, 0.29) is 21.6 Å². The quantitative estimate of drug-likeness (QED) is 0.476. The van der Waals surface area contributed by atoms with Crippen molar-refractivity contribution in [1.29, 1.82) is 0 Å². The van der Waals surface area contributed by atoms with Crippen LogP contribution in [0.25, 0.3) is 33.4 Å². The minimum Gasteiger partial charge on any atom is -0.497 e. The lowest BCUT2D eigenvalue weighted by Gasteiger charge is -2.12. The van der Waals surface area contributed by atoms with Gasteiger partial charge in [-0.1, -0.05) is 12.1 Å². The largest absolute Gasteiger partial charge is 0.497 e. The summed E-state index contributed by atoms with van der Waals surface area (Å²) in [4.78, 5) is 13.6. The summed E-state index contributed by atoms with van der Waals surface area (Å²) < 4.78 is 48.3. The minimum atomic E-state index is -3.37. The molecule has 0 aliphatic carbocycles. The lowest BCUT2D eigenvalue weighted by Crippen LogP contribution is -2.08. The van der Waals surface area contributed by atoms with Crippen LogP contribution in [-0.2, 0) is 9.84 Å². The van der Waals surface area contributed by atoms with Crippen molar-refractivity contribution in [2.45, 2.75) is 4.90 Å². The maximum atomic E-state index is 13.5. The molecule has 0 unspecified atom stereocenters. The van der Waals surface area contributed by atoms with Crippen LogP contribution in [0.4, 0.5) is 4.39 Å². The summed E-state index contributed by atoms with van der Waals surface area (Å²) in [7, 11) is -1.87. The number of rotatable bonds is 4. The summed E-state index contributed by atoms with van der Waals surface area (Å²) in [6, 6.07) is 16.5. The maximum Gasteiger partial charge on any atom is 0.201 e. The molecule has 30 heavy (non-hydrogen) atoms. The van der Waals surface area contributed by atoms with Crippen LogP contribution in [0.2, 0.25) is 0 Å². The highest BCUT2D eigenvalue weighted by atomic mass is 32.2. The molecule has 0 bridgehead atoms. The molecule has 0 aliphatic rings. The van der Waals surface area contributed by atoms with Crippen LogP contribution < -0.4 is 10.2 Å². The topological polar surface area (TPSA) is 73.6 Å². The fraction of sp³-hybridized carbons (Fsp3) is 0.0870. The summed E-state index contributed by atoms with van der Waals surface area (Å²) in [5, 5.41) is 0.324. The first-order valence-corrected chi connectivity index (χ1v) is 10.9. The van der Waals surface area contributed by atoms with Gasteiger partial charge in [-0.25, -0.2) is 12.8 Å². The summed E-state index contributed by atoms with van der Waals surface area (Å²) in [5.74, 6) is 0.346. The zero-order valence-electron chi connectivity index (χ0n) is 16.2. The third-order valence-corrected chi connectivity index (χ3v) is 5.90. The molecule has 3 aromatic carbocycles. The van der Waals surface area contributed by atoms with Crippen LogP contribution in [0.1, 0.15) is 0 Å². The Labute approximate surface area is 172 Å². The number of sulfone groups is 1. The molecular formula is C23H17FO5S. The Morgan fingerprint density at radius 2 is 1.53 bits per heavy atom. The van der Waals surface area contributed by atoms with E-state index in [4.69, 9.17) is 9.15 Å². The molecule has 152 valence electrons. The fourth-order valence-corrected chi connectivity index (χ4v) is 3.87. The standard InChI is InChI=1S/C23H17FO5S/c1-28-17-9-12-20-19(13-17)22(25)21(14-3-7-16(24)8-4-14)23(29-20)15-5-10-18(11-6-15)30(2,26)27/h3-13H,1-2H3. The van der Waals surface area contributed by atoms with Gasteiger partial charge in [0, 0.05) is 11.8 Å². The predicted octanol–water partition coefficient (Wildman–Crippen LogP) is 4.68. The van der Waals surface area contributed by atoms with E-state index in [1.807, 2.05) is 0 Å². The number of hydrogen-bond donors (Lipinski definition) is 0. The van der Waals surface area contributed by atoms with E-state index >= 15 is 0 Å². The summed E-state index contributed by atoms with van der Waals surface area (Å²) in [5.41, 5.74) is 1.31. The van der Waals surface area contributed by atoms with Crippen molar-refractivity contribution in [2.75, 3.05) is 13.4 Å². The van der Waals surface area contributed by atoms with E-state index in [0.29, 0.717) is 27.8 Å². The molecular weight excluding hydrogens is 407 g/mol. The molecule has 0 saturated heterocycles. The Kier molecular flexibility index (Phi) is 4.91. The molecule has 0 spiro atoms. The molecule has 4 aromatic rings. The molecule has 0 aliphatic heterocycles. The number of benzene rings is 3. The van der Waals surface area contributed by atoms with E-state index in [1.54, 1.807) is 30.3 Å². The van der Waals surface area contributed by atoms with Crippen molar-refractivity contribution in [3.8, 4) is 28.2 Å². The van der Waals surface area contributed by atoms with E-state index in [1.165, 1.54) is 43.5 Å². The molecule has 1 heterocycles. The Balaban J connectivity index is 2.03. The Bertz CT molecular complexity index is 1400. The highest BCUT2D eigenvalue weighted by molar-refractivity contribution is 7.90. The minimum absolute atomic E-state index is 0.155. The fourth-order valence-electron chi connectivity index (χ4n) is 3.24. The Hall–Kier alpha value is -3.45. The monoisotopic (exact) mass is 424 g/mol. The molecule has 1 aromatic heterocycles. The van der Waals surface area contributed by atoms with E-state index in [0.717, 1.165) is 6.26 Å². The van der Waals surface area contributed by atoms with E-state index in [2.05, 4.69) is 0 Å². The number of halogens is 1. The molecule has 0 saturated carbocycles. The van der Waals surface area contributed by atoms with Gasteiger partial charge in [0.05, 0.1) is 23.0 Å². The average Bonchev–Trinajstić information content (AvgIpc) is 2.74. The highest BCUT2D eigenvalue weighted by Crippen LogP contribution is 2.34. The third-order valence-electron chi connectivity index (χ3n) is 4.78. The van der Waals surface area contributed by atoms with Gasteiger partial charge in [0.1, 0.15) is 22.9 Å². The van der Waals surface area contributed by atoms with Gasteiger partial charge in [-0.3, -0.25) is 4.79 Å². The molecule has 0 atom stereocenters. The molecule has 0 fully saturated rings. The second-order valence-corrected chi connectivity index (χ2v) is 8.82. The van der Waals surface area contributed by atoms with Crippen LogP contribution in [0, 0.1) is 5.82 Å². The summed E-state index contributed by atoms with van der Waals surface area (Å²) in [6.45, 7) is 0. The molecule has 0 radical (unpaired) electrons. The van der Waals surface area contributed by atoms with Crippen LogP contribution in [0.3, 0.4) is 0 Å². The first-order valence-electron chi connectivity index (χ1n) is 8.99. The predicted molar refractivity (Wildman–Crippen MR) is 113 cm³/mol. The number of fused-ring (bicyclic) bond motifs is 1. The van der Waals surface area contributed by atoms with E-state index in [9.17, 15) is 17.6 Å². The average molecular weight is 424 g/mol. The van der Waals surface area contributed by atoms with Crippen molar-refractivity contribution in [1.82, 2.24) is 0 Å². The van der Waals surface area contributed by atoms with Crippen molar-refractivity contribution in [3.05, 3.63) is 82.8 Å². The van der Waals surface area contributed by atoms with Gasteiger partial charge in [0.15, 0.2) is 9.84 Å². The number of hydrogen-bond acceptors (Lipinski definition) is 5. The first kappa shape index (κ1) is 19.8. The van der Waals surface area contributed by atoms with E-state index < -0.39 is 15.7 Å². The molecule has 0 amide bonds. The SMILES string of the molecule is COc1ccc2oc(-c3ccc(S(C)(=O)=O)cc3)c(-c3ccc(F)cc3)c(=O)c2c1. The second-order valence-electron chi connectivity index (χ2n) is 6.80. The zero-order valence-corrected chi connectivity index (χ0v) is 17.0. The summed E-state index contributed by atoms with van der Waals surface area (Å²) >= 11 is 0. The van der Waals surface area contributed by atoms with Crippen LogP contribution in [0.5, 0.6) is 5.75 Å². The van der Waals surface area contributed by atoms with Crippen LogP contribution in [-0.4, -0.2) is 21.8 Å². The zero-order chi connectivity index (χ0) is 21.5. The van der Waals surface area contributed by atoms with Gasteiger partial charge >= 0.3 is 0 Å². The normalized spacial score (nSPS) is 11.6. The van der Waals surface area contributed by atoms with Crippen LogP contribution in [0.15, 0.2) is 80.8 Å². The summed E-state index contributed by atoms with van der Waals surface area (Å²) in [6.07, 6.45) is 1.12. The molecule has 5 nitrogen and oxygen atoms in total. The molecule has 0 N–H and O–H groups in total. The van der Waals surface area contributed by atoms with Crippen molar-refractivity contribution in [3.63, 3.8) is 0 Å². The van der Waals surface area contributed by atoms with Gasteiger partial charge in [0.2, 0.25) is 5.43 Å². The van der Waals surface area contributed by atoms with Gasteiger partial charge in [-0.2, -0.15) is 0 Å². The lowest BCUT2D eigenvalue weighted by atomic mass is 9.98.